The molecule has 3 rings (SSSR count). The molecule has 0 atom stereocenters. The predicted molar refractivity (Wildman–Crippen MR) is 128 cm³/mol. The molecular weight excluding hydrogens is 386 g/mol. The van der Waals surface area contributed by atoms with Crippen LogP contribution in [0.5, 0.6) is 5.75 Å². The summed E-state index contributed by atoms with van der Waals surface area (Å²) >= 11 is 0. The van der Waals surface area contributed by atoms with E-state index in [1.807, 2.05) is 44.2 Å². The number of aryl methyl sites for hydroxylation is 2. The van der Waals surface area contributed by atoms with E-state index in [0.29, 0.717) is 5.69 Å². The van der Waals surface area contributed by atoms with Gasteiger partial charge in [0.15, 0.2) is 5.78 Å². The van der Waals surface area contributed by atoms with Gasteiger partial charge in [0, 0.05) is 23.2 Å². The molecule has 2 aromatic carbocycles. The number of carbonyl (C=O) groups excluding carboxylic acids is 2. The van der Waals surface area contributed by atoms with Gasteiger partial charge in [-0.15, -0.1) is 0 Å². The number of ketones is 1. The minimum absolute atomic E-state index is 0.0952. The molecule has 0 bridgehead atoms. The van der Waals surface area contributed by atoms with Crippen molar-refractivity contribution in [2.45, 2.75) is 73.1 Å². The van der Waals surface area contributed by atoms with E-state index < -0.39 is 0 Å². The van der Waals surface area contributed by atoms with Crippen LogP contribution >= 0.6 is 0 Å². The molecule has 4 nitrogen and oxygen atoms in total. The fraction of sp³-hybridized carbons (Fsp3) is 0.481. The lowest BCUT2D eigenvalue weighted by Crippen LogP contribution is -2.27. The number of aromatic hydroxyl groups is 1. The summed E-state index contributed by atoms with van der Waals surface area (Å²) in [6.07, 6.45) is 6.45. The van der Waals surface area contributed by atoms with Gasteiger partial charge in [-0.1, -0.05) is 44.5 Å². The smallest absolute Gasteiger partial charge is 0.227 e. The van der Waals surface area contributed by atoms with Gasteiger partial charge < -0.3 is 10.4 Å². The Morgan fingerprint density at radius 1 is 1.00 bits per heavy atom. The largest absolute Gasteiger partial charge is 0.508 e. The molecule has 0 saturated heterocycles. The topological polar surface area (TPSA) is 66.4 Å². The van der Waals surface area contributed by atoms with Crippen molar-refractivity contribution < 1.29 is 14.7 Å². The Morgan fingerprint density at radius 3 is 2.19 bits per heavy atom. The number of rotatable bonds is 5. The van der Waals surface area contributed by atoms with Crippen molar-refractivity contribution in [3.8, 4) is 5.75 Å². The zero-order chi connectivity index (χ0) is 23.0. The summed E-state index contributed by atoms with van der Waals surface area (Å²) in [5.41, 5.74) is 4.78. The van der Waals surface area contributed by atoms with Crippen molar-refractivity contribution in [2.75, 3.05) is 5.32 Å². The second-order valence-corrected chi connectivity index (χ2v) is 8.63. The summed E-state index contributed by atoms with van der Waals surface area (Å²) in [6, 6.07) is 11.2. The molecule has 1 fully saturated rings. The average Bonchev–Trinajstić information content (AvgIpc) is 2.76. The number of anilines is 1. The lowest BCUT2D eigenvalue weighted by molar-refractivity contribution is -0.121. The SMILES string of the molecule is CCC1CCC(C(=O)Nc2ccc(C)c(O)c2)CC1.CCc1c(C)cccc1C(C)=O. The van der Waals surface area contributed by atoms with Crippen LogP contribution < -0.4 is 5.32 Å². The van der Waals surface area contributed by atoms with E-state index in [1.165, 1.54) is 17.5 Å². The first-order valence-electron chi connectivity index (χ1n) is 11.5. The van der Waals surface area contributed by atoms with Gasteiger partial charge in [0.05, 0.1) is 0 Å². The summed E-state index contributed by atoms with van der Waals surface area (Å²) in [4.78, 5) is 23.3. The van der Waals surface area contributed by atoms with Crippen molar-refractivity contribution in [1.82, 2.24) is 0 Å². The van der Waals surface area contributed by atoms with Crippen molar-refractivity contribution in [1.29, 1.82) is 0 Å². The van der Waals surface area contributed by atoms with E-state index in [9.17, 15) is 14.7 Å². The van der Waals surface area contributed by atoms with Crippen LogP contribution in [-0.4, -0.2) is 16.8 Å². The molecule has 0 heterocycles. The van der Waals surface area contributed by atoms with Gasteiger partial charge in [0.1, 0.15) is 5.75 Å². The number of carbonyl (C=O) groups is 2. The van der Waals surface area contributed by atoms with E-state index in [-0.39, 0.29) is 23.4 Å². The molecule has 1 aliphatic carbocycles. The van der Waals surface area contributed by atoms with Crippen LogP contribution in [-0.2, 0) is 11.2 Å². The van der Waals surface area contributed by atoms with Crippen LogP contribution in [0.25, 0.3) is 0 Å². The molecule has 2 N–H and O–H groups in total. The standard InChI is InChI=1S/C16H23NO2.C11H14O/c1-3-12-5-7-13(8-6-12)16(19)17-14-9-4-11(2)15(18)10-14;1-4-10-8(2)6-5-7-11(10)9(3)12/h4,9-10,12-13,18H,3,5-8H2,1-2H3,(H,17,19);5-7H,4H2,1-3H3. The third-order valence-corrected chi connectivity index (χ3v) is 6.41. The second kappa shape index (κ2) is 11.7. The number of Topliss-reactive ketones (excluding diaryl/α,β-unsaturated/α-hetero) is 1. The molecule has 2 aromatic rings. The number of phenolic OH excluding ortho intramolecular Hbond substituents is 1. The van der Waals surface area contributed by atoms with E-state index in [0.717, 1.165) is 49.1 Å². The van der Waals surface area contributed by atoms with Gasteiger partial charge in [0.25, 0.3) is 0 Å². The van der Waals surface area contributed by atoms with Crippen LogP contribution in [0.1, 0.15) is 79.9 Å². The Labute approximate surface area is 187 Å². The number of phenols is 1. The van der Waals surface area contributed by atoms with Crippen LogP contribution in [0.4, 0.5) is 5.69 Å². The van der Waals surface area contributed by atoms with Gasteiger partial charge in [-0.25, -0.2) is 0 Å². The Morgan fingerprint density at radius 2 is 1.68 bits per heavy atom. The molecule has 0 aromatic heterocycles. The van der Waals surface area contributed by atoms with Gasteiger partial charge in [0.2, 0.25) is 5.91 Å². The summed E-state index contributed by atoms with van der Waals surface area (Å²) < 4.78 is 0. The summed E-state index contributed by atoms with van der Waals surface area (Å²) in [7, 11) is 0. The highest BCUT2D eigenvalue weighted by Gasteiger charge is 2.25. The van der Waals surface area contributed by atoms with Crippen molar-refractivity contribution >= 4 is 17.4 Å². The first-order chi connectivity index (χ1) is 14.8. The lowest BCUT2D eigenvalue weighted by atomic mass is 9.80. The molecule has 1 amide bonds. The molecule has 0 aliphatic heterocycles. The van der Waals surface area contributed by atoms with Crippen molar-refractivity contribution in [3.63, 3.8) is 0 Å². The fourth-order valence-electron chi connectivity index (χ4n) is 4.27. The highest BCUT2D eigenvalue weighted by molar-refractivity contribution is 5.95. The van der Waals surface area contributed by atoms with E-state index >= 15 is 0 Å². The maximum absolute atomic E-state index is 12.2. The van der Waals surface area contributed by atoms with Gasteiger partial charge in [-0.3, -0.25) is 9.59 Å². The van der Waals surface area contributed by atoms with E-state index in [2.05, 4.69) is 19.2 Å². The van der Waals surface area contributed by atoms with Gasteiger partial charge in [-0.2, -0.15) is 0 Å². The van der Waals surface area contributed by atoms with Gasteiger partial charge >= 0.3 is 0 Å². The first kappa shape index (κ1) is 24.6. The number of amides is 1. The summed E-state index contributed by atoms with van der Waals surface area (Å²) in [5, 5.41) is 12.6. The second-order valence-electron chi connectivity index (χ2n) is 8.63. The molecule has 0 unspecified atom stereocenters. The highest BCUT2D eigenvalue weighted by Crippen LogP contribution is 2.31. The Hall–Kier alpha value is -2.62. The molecule has 168 valence electrons. The third kappa shape index (κ3) is 6.95. The van der Waals surface area contributed by atoms with E-state index in [4.69, 9.17) is 0 Å². The minimum Gasteiger partial charge on any atom is -0.508 e. The number of nitrogens with one attached hydrogen (secondary N) is 1. The summed E-state index contributed by atoms with van der Waals surface area (Å²) in [5.74, 6) is 1.42. The molecule has 4 heteroatoms. The highest BCUT2D eigenvalue weighted by atomic mass is 16.3. The zero-order valence-corrected chi connectivity index (χ0v) is 19.6. The predicted octanol–water partition coefficient (Wildman–Crippen LogP) is 6.62. The van der Waals surface area contributed by atoms with E-state index in [1.54, 1.807) is 13.0 Å². The minimum atomic E-state index is 0.0952. The third-order valence-electron chi connectivity index (χ3n) is 6.41. The quantitative estimate of drug-likeness (QED) is 0.531. The van der Waals surface area contributed by atoms with Crippen LogP contribution in [0, 0.1) is 25.7 Å². The normalized spacial score (nSPS) is 18.0. The van der Waals surface area contributed by atoms with Crippen LogP contribution in [0.15, 0.2) is 36.4 Å². The van der Waals surface area contributed by atoms with Crippen LogP contribution in [0.2, 0.25) is 0 Å². The maximum Gasteiger partial charge on any atom is 0.227 e. The Balaban J connectivity index is 0.000000245. The Kier molecular flexibility index (Phi) is 9.29. The molecule has 0 radical (unpaired) electrons. The molecule has 0 spiro atoms. The van der Waals surface area contributed by atoms with Crippen molar-refractivity contribution in [2.24, 2.45) is 11.8 Å². The number of hydrogen-bond donors (Lipinski definition) is 2. The molecular formula is C27H37NO3. The molecule has 1 saturated carbocycles. The monoisotopic (exact) mass is 423 g/mol. The molecule has 31 heavy (non-hydrogen) atoms. The van der Waals surface area contributed by atoms with Crippen molar-refractivity contribution in [3.05, 3.63) is 58.7 Å². The Bertz CT molecular complexity index is 895. The first-order valence-corrected chi connectivity index (χ1v) is 11.5. The molecule has 1 aliphatic rings. The summed E-state index contributed by atoms with van der Waals surface area (Å²) in [6.45, 7) is 9.81. The van der Waals surface area contributed by atoms with Gasteiger partial charge in [-0.05, 0) is 81.5 Å². The number of benzene rings is 2. The lowest BCUT2D eigenvalue weighted by Gasteiger charge is -2.26. The average molecular weight is 424 g/mol. The maximum atomic E-state index is 12.2. The van der Waals surface area contributed by atoms with Crippen LogP contribution in [0.3, 0.4) is 0 Å². The zero-order valence-electron chi connectivity index (χ0n) is 19.6. The fourth-order valence-corrected chi connectivity index (χ4v) is 4.27. The number of hydrogen-bond acceptors (Lipinski definition) is 3.